The second-order valence-corrected chi connectivity index (χ2v) is 7.15. The molecule has 1 saturated heterocycles. The van der Waals surface area contributed by atoms with E-state index in [1.807, 2.05) is 6.92 Å². The zero-order valence-electron chi connectivity index (χ0n) is 15.5. The number of amides is 1. The van der Waals surface area contributed by atoms with Gasteiger partial charge >= 0.3 is 5.97 Å². The molecule has 26 heavy (non-hydrogen) atoms. The number of ether oxygens (including phenoxy) is 1. The van der Waals surface area contributed by atoms with Crippen molar-refractivity contribution in [3.63, 3.8) is 0 Å². The number of aromatic nitrogens is 1. The van der Waals surface area contributed by atoms with Gasteiger partial charge in [-0.2, -0.15) is 0 Å². The van der Waals surface area contributed by atoms with Crippen molar-refractivity contribution in [2.24, 2.45) is 5.41 Å². The van der Waals surface area contributed by atoms with Crippen LogP contribution in [0.4, 0.5) is 0 Å². The van der Waals surface area contributed by atoms with Crippen LogP contribution in [0.1, 0.15) is 57.6 Å². The molecule has 7 nitrogen and oxygen atoms in total. The molecule has 7 heteroatoms. The number of nitrogens with zero attached hydrogens (tertiary/aromatic N) is 2. The summed E-state index contributed by atoms with van der Waals surface area (Å²) in [6.07, 6.45) is 4.22. The number of rotatable bonds is 10. The Bertz CT molecular complexity index is 673. The minimum atomic E-state index is -0.964. The fourth-order valence-corrected chi connectivity index (χ4v) is 3.38. The molecule has 1 aliphatic rings. The molecule has 2 heterocycles. The Balaban J connectivity index is 2.04. The molecular formula is C19H26N2O5. The van der Waals surface area contributed by atoms with Gasteiger partial charge in [0, 0.05) is 25.2 Å². The van der Waals surface area contributed by atoms with Gasteiger partial charge in [0.1, 0.15) is 5.78 Å². The van der Waals surface area contributed by atoms with Gasteiger partial charge in [0.2, 0.25) is 11.8 Å². The third kappa shape index (κ3) is 4.59. The molecule has 0 aliphatic carbocycles. The van der Waals surface area contributed by atoms with Crippen LogP contribution in [0.25, 0.3) is 0 Å². The van der Waals surface area contributed by atoms with E-state index in [-0.39, 0.29) is 18.1 Å². The molecule has 1 fully saturated rings. The van der Waals surface area contributed by atoms with Gasteiger partial charge in [-0.3, -0.25) is 9.59 Å². The van der Waals surface area contributed by atoms with E-state index in [4.69, 9.17) is 4.74 Å². The van der Waals surface area contributed by atoms with E-state index >= 15 is 0 Å². The molecule has 1 N–H and O–H groups in total. The van der Waals surface area contributed by atoms with E-state index in [1.54, 1.807) is 30.2 Å². The smallest absolute Gasteiger partial charge is 0.305 e. The molecule has 2 rings (SSSR count). The maximum atomic E-state index is 12.8. The number of carboxylic acid groups (broad SMARTS) is 1. The molecule has 1 amide bonds. The highest BCUT2D eigenvalue weighted by Gasteiger charge is 2.50. The summed E-state index contributed by atoms with van der Waals surface area (Å²) in [7, 11) is 1.51. The highest BCUT2D eigenvalue weighted by molar-refractivity contribution is 5.89. The van der Waals surface area contributed by atoms with Crippen LogP contribution in [0.3, 0.4) is 0 Å². The number of β-lactam (4-membered cyclic amide) rings is 1. The molecular weight excluding hydrogens is 336 g/mol. The zero-order valence-corrected chi connectivity index (χ0v) is 15.5. The number of ketones is 1. The normalized spacial score (nSPS) is 20.4. The number of hydrogen-bond donors (Lipinski definition) is 1. The molecule has 0 bridgehead atoms. The van der Waals surface area contributed by atoms with Crippen LogP contribution in [-0.4, -0.2) is 46.3 Å². The molecule has 1 aromatic rings. The summed E-state index contributed by atoms with van der Waals surface area (Å²) in [6, 6.07) is 2.87. The fourth-order valence-electron chi connectivity index (χ4n) is 3.38. The lowest BCUT2D eigenvalue weighted by Gasteiger charge is -2.50. The highest BCUT2D eigenvalue weighted by atomic mass is 16.5. The van der Waals surface area contributed by atoms with Gasteiger partial charge in [-0.15, -0.1) is 0 Å². The summed E-state index contributed by atoms with van der Waals surface area (Å²) in [5.74, 6) is -0.408. The van der Waals surface area contributed by atoms with Crippen molar-refractivity contribution in [2.75, 3.05) is 13.7 Å². The van der Waals surface area contributed by atoms with Crippen molar-refractivity contribution in [1.29, 1.82) is 0 Å². The Labute approximate surface area is 153 Å². The largest absolute Gasteiger partial charge is 0.481 e. The van der Waals surface area contributed by atoms with E-state index in [2.05, 4.69) is 4.98 Å². The monoisotopic (exact) mass is 362 g/mol. The first-order chi connectivity index (χ1) is 12.3. The number of methoxy groups -OCH3 is 1. The Morgan fingerprint density at radius 3 is 2.62 bits per heavy atom. The Kier molecular flexibility index (Phi) is 6.34. The zero-order chi connectivity index (χ0) is 19.3. The predicted octanol–water partition coefficient (Wildman–Crippen LogP) is 2.60. The van der Waals surface area contributed by atoms with Crippen LogP contribution in [-0.2, 0) is 14.4 Å². The summed E-state index contributed by atoms with van der Waals surface area (Å²) in [4.78, 5) is 40.8. The molecule has 0 unspecified atom stereocenters. The van der Waals surface area contributed by atoms with Crippen LogP contribution >= 0.6 is 0 Å². The minimum Gasteiger partial charge on any atom is -0.481 e. The Morgan fingerprint density at radius 1 is 1.38 bits per heavy atom. The van der Waals surface area contributed by atoms with E-state index < -0.39 is 17.4 Å². The number of unbranched alkanes of at least 4 members (excludes halogenated alkanes) is 1. The van der Waals surface area contributed by atoms with Crippen molar-refractivity contribution in [2.45, 2.75) is 52.0 Å². The fraction of sp³-hybridized carbons (Fsp3) is 0.579. The van der Waals surface area contributed by atoms with Crippen LogP contribution < -0.4 is 4.74 Å². The van der Waals surface area contributed by atoms with Crippen molar-refractivity contribution in [3.8, 4) is 5.88 Å². The van der Waals surface area contributed by atoms with E-state index in [0.717, 1.165) is 12.8 Å². The Morgan fingerprint density at radius 2 is 2.12 bits per heavy atom. The molecule has 1 aromatic heterocycles. The maximum absolute atomic E-state index is 12.8. The third-order valence-electron chi connectivity index (χ3n) is 4.90. The van der Waals surface area contributed by atoms with Gasteiger partial charge in [-0.05, 0) is 32.3 Å². The lowest BCUT2D eigenvalue weighted by Crippen LogP contribution is -2.61. The van der Waals surface area contributed by atoms with Gasteiger partial charge in [0.25, 0.3) is 0 Å². The van der Waals surface area contributed by atoms with Gasteiger partial charge in [0.15, 0.2) is 0 Å². The topological polar surface area (TPSA) is 96.8 Å². The number of pyridine rings is 1. The molecule has 0 spiro atoms. The van der Waals surface area contributed by atoms with Crippen LogP contribution in [0.5, 0.6) is 5.88 Å². The first-order valence-electron chi connectivity index (χ1n) is 8.79. The number of likely N-dealkylation sites (tertiary alicyclic amines) is 1. The maximum Gasteiger partial charge on any atom is 0.305 e. The van der Waals surface area contributed by atoms with Crippen molar-refractivity contribution < 1.29 is 24.2 Å². The van der Waals surface area contributed by atoms with Crippen molar-refractivity contribution in [1.82, 2.24) is 9.88 Å². The summed E-state index contributed by atoms with van der Waals surface area (Å²) in [5.41, 5.74) is 0.202. The van der Waals surface area contributed by atoms with Gasteiger partial charge in [0.05, 0.1) is 25.0 Å². The lowest BCUT2D eigenvalue weighted by molar-refractivity contribution is -0.165. The SMILES string of the molecule is COc1ccc([C@H](CC(=O)O)N2C[C@](C)(CCCCC(C)=O)C2=O)cn1. The molecule has 0 aromatic carbocycles. The molecule has 142 valence electrons. The molecule has 0 saturated carbocycles. The first-order valence-corrected chi connectivity index (χ1v) is 8.79. The predicted molar refractivity (Wildman–Crippen MR) is 94.8 cm³/mol. The number of carbonyl (C=O) groups is 3. The standard InChI is InChI=1S/C19H26N2O5/c1-13(22)6-4-5-9-19(2)12-21(18(19)25)15(10-17(23)24)14-7-8-16(26-3)20-11-14/h7-8,11,15H,4-6,9-10,12H2,1-3H3,(H,23,24)/t15-,19-/m0/s1. The lowest BCUT2D eigenvalue weighted by atomic mass is 9.74. The summed E-state index contributed by atoms with van der Waals surface area (Å²) < 4.78 is 5.02. The molecule has 0 radical (unpaired) electrons. The van der Waals surface area contributed by atoms with Gasteiger partial charge in [-0.1, -0.05) is 12.5 Å². The number of hydrogen-bond acceptors (Lipinski definition) is 5. The number of carbonyl (C=O) groups excluding carboxylic acids is 2. The second-order valence-electron chi connectivity index (χ2n) is 7.15. The molecule has 1 aliphatic heterocycles. The number of carboxylic acids is 1. The quantitative estimate of drug-likeness (QED) is 0.508. The van der Waals surface area contributed by atoms with Crippen LogP contribution in [0, 0.1) is 5.41 Å². The Hall–Kier alpha value is -2.44. The second kappa shape index (κ2) is 8.29. The van der Waals surface area contributed by atoms with Gasteiger partial charge in [-0.25, -0.2) is 4.98 Å². The van der Waals surface area contributed by atoms with E-state index in [9.17, 15) is 19.5 Å². The average molecular weight is 362 g/mol. The van der Waals surface area contributed by atoms with Crippen LogP contribution in [0.2, 0.25) is 0 Å². The van der Waals surface area contributed by atoms with E-state index in [0.29, 0.717) is 30.8 Å². The van der Waals surface area contributed by atoms with Crippen LogP contribution in [0.15, 0.2) is 18.3 Å². The molecule has 2 atom stereocenters. The summed E-state index contributed by atoms with van der Waals surface area (Å²) >= 11 is 0. The minimum absolute atomic E-state index is 0.0395. The number of aliphatic carboxylic acids is 1. The van der Waals surface area contributed by atoms with E-state index in [1.165, 1.54) is 7.11 Å². The third-order valence-corrected chi connectivity index (χ3v) is 4.90. The summed E-state index contributed by atoms with van der Waals surface area (Å²) in [6.45, 7) is 3.98. The first kappa shape index (κ1) is 19.9. The van der Waals surface area contributed by atoms with Crippen molar-refractivity contribution in [3.05, 3.63) is 23.9 Å². The highest BCUT2D eigenvalue weighted by Crippen LogP contribution is 2.42. The average Bonchev–Trinajstić information content (AvgIpc) is 2.61. The summed E-state index contributed by atoms with van der Waals surface area (Å²) in [5, 5.41) is 9.24. The van der Waals surface area contributed by atoms with Gasteiger partial charge < -0.3 is 19.5 Å². The van der Waals surface area contributed by atoms with Crippen molar-refractivity contribution >= 4 is 17.7 Å². The number of Topliss-reactive ketones (excluding diaryl/α,β-unsaturated/α-hetero) is 1.